The maximum Gasteiger partial charge on any atom is 0.317 e. The van der Waals surface area contributed by atoms with Gasteiger partial charge in [0.05, 0.1) is 13.7 Å². The molecule has 0 aliphatic carbocycles. The van der Waals surface area contributed by atoms with Crippen LogP contribution in [0.1, 0.15) is 118 Å². The smallest absolute Gasteiger partial charge is 0.317 e. The Hall–Kier alpha value is -3.42. The summed E-state index contributed by atoms with van der Waals surface area (Å²) in [6.45, 7) is 6.08. The van der Waals surface area contributed by atoms with Crippen molar-refractivity contribution < 1.29 is 28.7 Å². The lowest BCUT2D eigenvalue weighted by atomic mass is 9.92. The number of imide groups is 1. The molecule has 0 fully saturated rings. The van der Waals surface area contributed by atoms with Gasteiger partial charge < -0.3 is 14.4 Å². The number of anilines is 1. The second-order valence-corrected chi connectivity index (χ2v) is 11.1. The molecule has 3 rings (SSSR count). The van der Waals surface area contributed by atoms with Crippen LogP contribution in [0.25, 0.3) is 10.8 Å². The van der Waals surface area contributed by atoms with Crippen molar-refractivity contribution in [1.82, 2.24) is 4.90 Å². The number of rotatable bonds is 20. The Labute approximate surface area is 250 Å². The van der Waals surface area contributed by atoms with Crippen LogP contribution < -0.4 is 4.90 Å². The van der Waals surface area contributed by atoms with Crippen LogP contribution in [-0.4, -0.2) is 62.0 Å². The number of esters is 2. The molecule has 42 heavy (non-hydrogen) atoms. The summed E-state index contributed by atoms with van der Waals surface area (Å²) in [6.07, 6.45) is 14.2. The molecule has 1 aliphatic heterocycles. The number of hydrogen-bond donors (Lipinski definition) is 0. The van der Waals surface area contributed by atoms with Crippen LogP contribution in [0.2, 0.25) is 0 Å². The molecule has 0 bridgehead atoms. The number of carbonyl (C=O) groups excluding carboxylic acids is 4. The largest absolute Gasteiger partial charge is 0.469 e. The summed E-state index contributed by atoms with van der Waals surface area (Å²) in [5.41, 5.74) is 2.02. The van der Waals surface area contributed by atoms with Gasteiger partial charge in [0.25, 0.3) is 11.8 Å². The minimum absolute atomic E-state index is 0.0929. The summed E-state index contributed by atoms with van der Waals surface area (Å²) in [6, 6.07) is 9.50. The molecule has 0 atom stereocenters. The lowest BCUT2D eigenvalue weighted by Gasteiger charge is -2.31. The highest BCUT2D eigenvalue weighted by atomic mass is 16.5. The van der Waals surface area contributed by atoms with Crippen LogP contribution in [0.15, 0.2) is 30.3 Å². The van der Waals surface area contributed by atoms with Gasteiger partial charge in [-0.1, -0.05) is 90.2 Å². The van der Waals surface area contributed by atoms with E-state index in [0.717, 1.165) is 41.9 Å². The van der Waals surface area contributed by atoms with Gasteiger partial charge in [0.15, 0.2) is 0 Å². The van der Waals surface area contributed by atoms with Crippen molar-refractivity contribution in [2.24, 2.45) is 0 Å². The Kier molecular flexibility index (Phi) is 13.8. The van der Waals surface area contributed by atoms with E-state index in [4.69, 9.17) is 4.74 Å². The number of unbranched alkanes of at least 4 members (excludes halogenated alkanes) is 10. The quantitative estimate of drug-likeness (QED) is 0.0716. The monoisotopic (exact) mass is 580 g/mol. The first-order valence-electron chi connectivity index (χ1n) is 15.8. The fourth-order valence-electron chi connectivity index (χ4n) is 5.62. The zero-order chi connectivity index (χ0) is 30.3. The van der Waals surface area contributed by atoms with E-state index < -0.39 is 30.2 Å². The first-order valence-corrected chi connectivity index (χ1v) is 15.8. The van der Waals surface area contributed by atoms with Gasteiger partial charge in [0.1, 0.15) is 13.0 Å². The SMILES string of the molecule is CCCCCCCCN(CCCCCCCC)c1ccc2c3c(cccc13)C(=O)N(CCOC(=O)CC(=O)OC)C2=O. The summed E-state index contributed by atoms with van der Waals surface area (Å²) >= 11 is 0. The third kappa shape index (κ3) is 9.04. The van der Waals surface area contributed by atoms with E-state index in [-0.39, 0.29) is 13.2 Å². The zero-order valence-electron chi connectivity index (χ0n) is 25.8. The van der Waals surface area contributed by atoms with E-state index >= 15 is 0 Å². The maximum atomic E-state index is 13.5. The highest BCUT2D eigenvalue weighted by Crippen LogP contribution is 2.36. The van der Waals surface area contributed by atoms with E-state index in [2.05, 4.69) is 23.5 Å². The first kappa shape index (κ1) is 33.1. The average Bonchev–Trinajstić information content (AvgIpc) is 2.99. The Morgan fingerprint density at radius 2 is 1.31 bits per heavy atom. The molecule has 0 spiro atoms. The number of benzene rings is 2. The Bertz CT molecular complexity index is 1170. The molecule has 8 nitrogen and oxygen atoms in total. The zero-order valence-corrected chi connectivity index (χ0v) is 25.8. The van der Waals surface area contributed by atoms with Gasteiger partial charge in [-0.25, -0.2) is 0 Å². The van der Waals surface area contributed by atoms with Crippen LogP contribution in [0.4, 0.5) is 5.69 Å². The van der Waals surface area contributed by atoms with Crippen molar-refractivity contribution in [2.75, 3.05) is 38.3 Å². The van der Waals surface area contributed by atoms with Crippen LogP contribution in [0, 0.1) is 0 Å². The number of hydrogen-bond acceptors (Lipinski definition) is 7. The highest BCUT2D eigenvalue weighted by molar-refractivity contribution is 6.26. The van der Waals surface area contributed by atoms with Crippen molar-refractivity contribution >= 4 is 40.2 Å². The predicted octanol–water partition coefficient (Wildman–Crippen LogP) is 7.07. The van der Waals surface area contributed by atoms with Crippen molar-refractivity contribution in [3.8, 4) is 0 Å². The standard InChI is InChI=1S/C34H48N2O6/c1-4-6-8-10-12-14-21-35(22-15-13-11-9-7-5-2)29-20-19-28-32-26(29)17-16-18-27(32)33(39)36(34(28)40)23-24-42-31(38)25-30(37)41-3/h16-20H,4-15,21-25H2,1-3H3. The number of carbonyl (C=O) groups is 4. The molecule has 230 valence electrons. The molecule has 2 amide bonds. The molecule has 0 saturated carbocycles. The van der Waals surface area contributed by atoms with Gasteiger partial charge in [-0.15, -0.1) is 0 Å². The molecule has 2 aromatic carbocycles. The number of amides is 2. The van der Waals surface area contributed by atoms with E-state index in [1.54, 1.807) is 6.07 Å². The molecule has 8 heteroatoms. The lowest BCUT2D eigenvalue weighted by Crippen LogP contribution is -2.42. The van der Waals surface area contributed by atoms with Crippen molar-refractivity contribution in [1.29, 1.82) is 0 Å². The Morgan fingerprint density at radius 3 is 1.90 bits per heavy atom. The summed E-state index contributed by atoms with van der Waals surface area (Å²) in [4.78, 5) is 53.6. The number of ether oxygens (including phenoxy) is 2. The van der Waals surface area contributed by atoms with Crippen molar-refractivity contribution in [2.45, 2.75) is 97.3 Å². The van der Waals surface area contributed by atoms with E-state index in [1.807, 2.05) is 24.3 Å². The molecule has 1 heterocycles. The molecule has 0 saturated heterocycles. The van der Waals surface area contributed by atoms with Gasteiger partial charge in [-0.3, -0.25) is 24.1 Å². The van der Waals surface area contributed by atoms with Crippen LogP contribution in [-0.2, 0) is 19.1 Å². The molecule has 0 unspecified atom stereocenters. The van der Waals surface area contributed by atoms with Crippen LogP contribution in [0.3, 0.4) is 0 Å². The molecule has 2 aromatic rings. The topological polar surface area (TPSA) is 93.2 Å². The number of nitrogens with zero attached hydrogens (tertiary/aromatic N) is 2. The summed E-state index contributed by atoms with van der Waals surface area (Å²) in [5.74, 6) is -2.28. The first-order chi connectivity index (χ1) is 20.4. The predicted molar refractivity (Wildman–Crippen MR) is 166 cm³/mol. The second-order valence-electron chi connectivity index (χ2n) is 11.1. The van der Waals surface area contributed by atoms with Gasteiger partial charge >= 0.3 is 11.9 Å². The van der Waals surface area contributed by atoms with E-state index in [1.165, 1.54) is 71.3 Å². The summed E-state index contributed by atoms with van der Waals surface area (Å²) < 4.78 is 9.54. The third-order valence-corrected chi connectivity index (χ3v) is 7.97. The molecule has 0 N–H and O–H groups in total. The lowest BCUT2D eigenvalue weighted by molar-refractivity contribution is -0.153. The summed E-state index contributed by atoms with van der Waals surface area (Å²) in [5, 5.41) is 1.62. The van der Waals surface area contributed by atoms with Gasteiger partial charge in [0.2, 0.25) is 0 Å². The maximum absolute atomic E-state index is 13.5. The van der Waals surface area contributed by atoms with E-state index in [9.17, 15) is 19.2 Å². The van der Waals surface area contributed by atoms with E-state index in [0.29, 0.717) is 16.5 Å². The van der Waals surface area contributed by atoms with Crippen molar-refractivity contribution in [3.63, 3.8) is 0 Å². The fraction of sp³-hybridized carbons (Fsp3) is 0.588. The molecule has 0 radical (unpaired) electrons. The van der Waals surface area contributed by atoms with Gasteiger partial charge in [0, 0.05) is 40.7 Å². The second kappa shape index (κ2) is 17.5. The van der Waals surface area contributed by atoms with Crippen molar-refractivity contribution in [3.05, 3.63) is 41.5 Å². The van der Waals surface area contributed by atoms with Crippen LogP contribution in [0.5, 0.6) is 0 Å². The van der Waals surface area contributed by atoms with Crippen LogP contribution >= 0.6 is 0 Å². The minimum atomic E-state index is -0.762. The Balaban J connectivity index is 1.77. The third-order valence-electron chi connectivity index (χ3n) is 7.97. The molecule has 0 aromatic heterocycles. The Morgan fingerprint density at radius 1 is 0.738 bits per heavy atom. The molecule has 1 aliphatic rings. The van der Waals surface area contributed by atoms with Gasteiger partial charge in [-0.05, 0) is 31.0 Å². The average molecular weight is 581 g/mol. The molecular formula is C34H48N2O6. The fourth-order valence-corrected chi connectivity index (χ4v) is 5.62. The molecular weight excluding hydrogens is 532 g/mol. The normalized spacial score (nSPS) is 12.6. The summed E-state index contributed by atoms with van der Waals surface area (Å²) in [7, 11) is 1.19. The minimum Gasteiger partial charge on any atom is -0.469 e. The number of methoxy groups -OCH3 is 1. The highest BCUT2D eigenvalue weighted by Gasteiger charge is 2.33. The van der Waals surface area contributed by atoms with Gasteiger partial charge in [-0.2, -0.15) is 0 Å².